The summed E-state index contributed by atoms with van der Waals surface area (Å²) in [6.45, 7) is 1.98. The number of aromatic hydroxyl groups is 4. The molecule has 3 atom stereocenters. The summed E-state index contributed by atoms with van der Waals surface area (Å²) in [5.41, 5.74) is 14.1. The van der Waals surface area contributed by atoms with Gasteiger partial charge in [-0.3, -0.25) is 19.6 Å². The van der Waals surface area contributed by atoms with E-state index >= 15 is 0 Å². The normalized spacial score (nSPS) is 18.3. The third kappa shape index (κ3) is 16.5. The SMILES string of the molecule is N[C@@H](Cc1ccc(O)c(O)c1)C(=O)OCC1CCC(C(OC(=O)[C@@H](N)Cc2ccc(O)c(O)c2)c2ccc(S(=O)(=O)N3CCCN(C(=O)OCCCCCCCOC(=O)N4CCCN(S(=O)(=O)c5cccc6cnccc56)CC4)CC3)c3ccncc23)CC1. The van der Waals surface area contributed by atoms with Crippen LogP contribution < -0.4 is 11.5 Å². The van der Waals surface area contributed by atoms with Gasteiger partial charge in [-0.05, 0) is 130 Å². The Morgan fingerprint density at radius 3 is 1.64 bits per heavy atom. The second kappa shape index (κ2) is 30.1. The highest BCUT2D eigenvalue weighted by molar-refractivity contribution is 7.89. The Hall–Kier alpha value is -7.88. The molecule has 2 aromatic heterocycles. The first kappa shape index (κ1) is 65.6. The van der Waals surface area contributed by atoms with Gasteiger partial charge in [0.25, 0.3) is 0 Å². The third-order valence-electron chi connectivity index (χ3n) is 16.8. The summed E-state index contributed by atoms with van der Waals surface area (Å²) in [6, 6.07) is 17.6. The number of amides is 2. The van der Waals surface area contributed by atoms with E-state index in [2.05, 4.69) is 9.97 Å². The summed E-state index contributed by atoms with van der Waals surface area (Å²) in [5, 5.41) is 41.6. The van der Waals surface area contributed by atoms with Gasteiger partial charge in [0.05, 0.1) is 29.6 Å². The lowest BCUT2D eigenvalue weighted by atomic mass is 9.77. The minimum absolute atomic E-state index is 0.00296. The van der Waals surface area contributed by atoms with Gasteiger partial charge in [-0.1, -0.05) is 49.6 Å². The van der Waals surface area contributed by atoms with Crippen LogP contribution in [0.15, 0.2) is 113 Å². The van der Waals surface area contributed by atoms with Gasteiger partial charge in [-0.25, -0.2) is 26.4 Å². The number of pyridine rings is 2. The molecule has 0 spiro atoms. The molecule has 24 nitrogen and oxygen atoms in total. The highest BCUT2D eigenvalue weighted by Gasteiger charge is 2.37. The zero-order chi connectivity index (χ0) is 63.2. The number of nitrogens with zero attached hydrogens (tertiary/aromatic N) is 6. The molecule has 26 heteroatoms. The summed E-state index contributed by atoms with van der Waals surface area (Å²) < 4.78 is 82.7. The fraction of sp³-hybridized carbons (Fsp3) is 0.460. The lowest BCUT2D eigenvalue weighted by Crippen LogP contribution is -2.38. The van der Waals surface area contributed by atoms with Crippen LogP contribution in [-0.4, -0.2) is 174 Å². The van der Waals surface area contributed by atoms with Crippen molar-refractivity contribution >= 4 is 65.7 Å². The van der Waals surface area contributed by atoms with Crippen molar-refractivity contribution in [3.63, 3.8) is 0 Å². The first-order valence-corrected chi connectivity index (χ1v) is 33.1. The summed E-state index contributed by atoms with van der Waals surface area (Å²) >= 11 is 0. The fourth-order valence-electron chi connectivity index (χ4n) is 11.8. The molecule has 8 N–H and O–H groups in total. The maximum atomic E-state index is 14.7. The molecule has 4 heterocycles. The number of phenols is 4. The fourth-order valence-corrected chi connectivity index (χ4v) is 15.1. The Morgan fingerprint density at radius 1 is 0.539 bits per heavy atom. The summed E-state index contributed by atoms with van der Waals surface area (Å²) in [4.78, 5) is 65.0. The van der Waals surface area contributed by atoms with Crippen LogP contribution in [0, 0.1) is 11.8 Å². The van der Waals surface area contributed by atoms with Crippen LogP contribution in [0.2, 0.25) is 0 Å². The van der Waals surface area contributed by atoms with Crippen molar-refractivity contribution in [2.45, 2.75) is 111 Å². The molecular weight excluding hydrogens is 1190 g/mol. The van der Waals surface area contributed by atoms with Crippen LogP contribution in [-0.2, 0) is 61.4 Å². The molecule has 0 bridgehead atoms. The Labute approximate surface area is 517 Å². The number of sulfonamides is 2. The van der Waals surface area contributed by atoms with Gasteiger partial charge in [0.2, 0.25) is 20.0 Å². The highest BCUT2D eigenvalue weighted by Crippen LogP contribution is 2.43. The number of rotatable bonds is 23. The van der Waals surface area contributed by atoms with E-state index in [1.807, 2.05) is 6.07 Å². The number of fused-ring (bicyclic) bond motifs is 2. The average Bonchev–Trinajstić information content (AvgIpc) is 1.24. The minimum Gasteiger partial charge on any atom is -0.504 e. The summed E-state index contributed by atoms with van der Waals surface area (Å²) in [6.07, 6.45) is 10.9. The molecule has 2 amide bonds. The van der Waals surface area contributed by atoms with Crippen LogP contribution in [0.3, 0.4) is 0 Å². The lowest BCUT2D eigenvalue weighted by molar-refractivity contribution is -0.155. The Balaban J connectivity index is 0.743. The number of hydrogen-bond donors (Lipinski definition) is 6. The number of esters is 2. The Kier molecular flexibility index (Phi) is 22.2. The average molecular weight is 1270 g/mol. The molecule has 2 aliphatic heterocycles. The van der Waals surface area contributed by atoms with E-state index in [4.69, 9.17) is 30.4 Å². The first-order chi connectivity index (χ1) is 42.8. The number of hydrogen-bond acceptors (Lipinski definition) is 20. The topological polar surface area (TPSA) is 345 Å². The summed E-state index contributed by atoms with van der Waals surface area (Å²) in [7, 11) is -8.00. The van der Waals surface area contributed by atoms with Crippen molar-refractivity contribution < 1.29 is 75.4 Å². The molecule has 1 unspecified atom stereocenters. The van der Waals surface area contributed by atoms with E-state index in [1.54, 1.807) is 53.7 Å². The number of carbonyl (C=O) groups is 4. The molecular formula is C63H78N8O16S2. The largest absolute Gasteiger partial charge is 0.504 e. The van der Waals surface area contributed by atoms with E-state index in [0.29, 0.717) is 90.8 Å². The van der Waals surface area contributed by atoms with Crippen LogP contribution in [0.1, 0.15) is 93.4 Å². The zero-order valence-corrected chi connectivity index (χ0v) is 51.1. The smallest absolute Gasteiger partial charge is 0.409 e. The molecule has 1 saturated carbocycles. The number of phenolic OH excluding ortho intramolecular Hbond substituents is 4. The molecule has 9 rings (SSSR count). The lowest BCUT2D eigenvalue weighted by Gasteiger charge is -2.34. The van der Waals surface area contributed by atoms with Crippen LogP contribution in [0.25, 0.3) is 21.5 Å². The molecule has 6 aromatic rings. The van der Waals surface area contributed by atoms with Gasteiger partial charge in [0.1, 0.15) is 18.2 Å². The number of benzene rings is 4. The van der Waals surface area contributed by atoms with E-state index in [1.165, 1.54) is 62.3 Å². The molecule has 0 radical (unpaired) electrons. The van der Waals surface area contributed by atoms with Gasteiger partial charge in [-0.15, -0.1) is 0 Å². The molecule has 2 saturated heterocycles. The standard InChI is InChI=1S/C63H78N8O16S2/c64-51(35-43-13-18-53(72)55(74)37-43)60(76)86-41-42-11-15-45(16-12-42)59(87-61(77)52(65)36-44-14-19-54(73)56(75)38-44)49-17-20-58(48-22-24-67-40-50(48)49)89(82,83)71-28-8-26-69(30-32-71)63(79)85-34-5-3-1-2-4-33-84-62(78)68-25-7-27-70(31-29-68)88(80,81)57-10-6-9-46-39-66-23-21-47(46)57/h6,9-10,13-14,17-24,37-40,42,45,51-52,59,72-75H,1-5,7-8,11-12,15-16,25-36,41,64-65H2/t42?,45?,51-,52-,59?/m0/s1. The zero-order valence-electron chi connectivity index (χ0n) is 49.5. The van der Waals surface area contributed by atoms with Gasteiger partial charge in [0.15, 0.2) is 23.0 Å². The first-order valence-electron chi connectivity index (χ1n) is 30.2. The van der Waals surface area contributed by atoms with Gasteiger partial charge >= 0.3 is 24.1 Å². The van der Waals surface area contributed by atoms with Gasteiger partial charge in [-0.2, -0.15) is 8.61 Å². The number of nitrogens with two attached hydrogens (primary N) is 2. The summed E-state index contributed by atoms with van der Waals surface area (Å²) in [5.74, 6) is -3.06. The van der Waals surface area contributed by atoms with Gasteiger partial charge < -0.3 is 60.6 Å². The van der Waals surface area contributed by atoms with E-state index in [0.717, 1.165) is 24.6 Å². The van der Waals surface area contributed by atoms with E-state index < -0.39 is 62.4 Å². The predicted octanol–water partition coefficient (Wildman–Crippen LogP) is 7.00. The Bertz CT molecular complexity index is 3700. The van der Waals surface area contributed by atoms with Gasteiger partial charge in [0, 0.05) is 110 Å². The maximum Gasteiger partial charge on any atom is 0.409 e. The van der Waals surface area contributed by atoms with Crippen molar-refractivity contribution in [1.29, 1.82) is 0 Å². The molecule has 1 aliphatic carbocycles. The number of ether oxygens (including phenoxy) is 4. The monoisotopic (exact) mass is 1270 g/mol. The molecule has 3 fully saturated rings. The van der Waals surface area contributed by atoms with Crippen molar-refractivity contribution in [2.24, 2.45) is 23.3 Å². The maximum absolute atomic E-state index is 14.7. The highest BCUT2D eigenvalue weighted by atomic mass is 32.2. The molecule has 3 aliphatic rings. The van der Waals surface area contributed by atoms with E-state index in [9.17, 15) is 56.4 Å². The van der Waals surface area contributed by atoms with Crippen molar-refractivity contribution in [2.75, 3.05) is 72.2 Å². The number of unbranched alkanes of at least 4 members (excludes halogenated alkanes) is 4. The Morgan fingerprint density at radius 2 is 1.07 bits per heavy atom. The molecule has 4 aromatic carbocycles. The number of carbonyl (C=O) groups excluding carboxylic acids is 4. The van der Waals surface area contributed by atoms with Crippen LogP contribution in [0.4, 0.5) is 9.59 Å². The second-order valence-corrected chi connectivity index (χ2v) is 26.8. The minimum atomic E-state index is -4.19. The second-order valence-electron chi connectivity index (χ2n) is 22.9. The molecule has 478 valence electrons. The third-order valence-corrected chi connectivity index (χ3v) is 20.7. The van der Waals surface area contributed by atoms with E-state index in [-0.39, 0.29) is 123 Å². The van der Waals surface area contributed by atoms with Crippen LogP contribution in [0.5, 0.6) is 23.0 Å². The van der Waals surface area contributed by atoms with Crippen molar-refractivity contribution in [3.8, 4) is 23.0 Å². The predicted molar refractivity (Wildman–Crippen MR) is 327 cm³/mol. The van der Waals surface area contributed by atoms with Crippen LogP contribution >= 0.6 is 0 Å². The number of aromatic nitrogens is 2. The molecule has 89 heavy (non-hydrogen) atoms. The van der Waals surface area contributed by atoms with Crippen molar-refractivity contribution in [1.82, 2.24) is 28.4 Å². The quantitative estimate of drug-likeness (QED) is 0.0163. The van der Waals surface area contributed by atoms with Crippen molar-refractivity contribution in [3.05, 3.63) is 120 Å².